The van der Waals surface area contributed by atoms with Crippen LogP contribution in [-0.4, -0.2) is 29.9 Å². The first-order valence-corrected chi connectivity index (χ1v) is 7.89. The van der Waals surface area contributed by atoms with Crippen molar-refractivity contribution in [1.82, 2.24) is 4.90 Å². The van der Waals surface area contributed by atoms with E-state index in [9.17, 15) is 9.18 Å². The third-order valence-electron chi connectivity index (χ3n) is 4.48. The lowest BCUT2D eigenvalue weighted by molar-refractivity contribution is -0.134. The minimum absolute atomic E-state index is 0.0773. The number of amides is 1. The van der Waals surface area contributed by atoms with Crippen LogP contribution < -0.4 is 5.73 Å². The van der Waals surface area contributed by atoms with Gasteiger partial charge in [-0.25, -0.2) is 4.39 Å². The molecule has 21 heavy (non-hydrogen) atoms. The van der Waals surface area contributed by atoms with E-state index in [1.54, 1.807) is 12.1 Å². The zero-order chi connectivity index (χ0) is 15.2. The third-order valence-corrected chi connectivity index (χ3v) is 4.48. The van der Waals surface area contributed by atoms with Crippen molar-refractivity contribution in [3.8, 4) is 0 Å². The average Bonchev–Trinajstić information content (AvgIpc) is 2.48. The molecule has 0 bridgehead atoms. The monoisotopic (exact) mass is 292 g/mol. The summed E-state index contributed by atoms with van der Waals surface area (Å²) in [6, 6.07) is 6.53. The smallest absolute Gasteiger partial charge is 0.227 e. The van der Waals surface area contributed by atoms with Crippen molar-refractivity contribution in [3.05, 3.63) is 35.6 Å². The molecule has 1 saturated carbocycles. The molecular formula is C17H25FN2O. The van der Waals surface area contributed by atoms with Crippen LogP contribution in [0.5, 0.6) is 0 Å². The summed E-state index contributed by atoms with van der Waals surface area (Å²) in [5, 5.41) is 0. The van der Waals surface area contributed by atoms with Gasteiger partial charge in [0.15, 0.2) is 0 Å². The molecule has 2 N–H and O–H groups in total. The molecular weight excluding hydrogens is 267 g/mol. The van der Waals surface area contributed by atoms with E-state index in [0.29, 0.717) is 19.0 Å². The highest BCUT2D eigenvalue weighted by molar-refractivity contribution is 5.79. The van der Waals surface area contributed by atoms with Crippen LogP contribution in [0.3, 0.4) is 0 Å². The van der Waals surface area contributed by atoms with Gasteiger partial charge in [-0.3, -0.25) is 4.79 Å². The maximum Gasteiger partial charge on any atom is 0.227 e. The van der Waals surface area contributed by atoms with Crippen molar-refractivity contribution in [1.29, 1.82) is 0 Å². The van der Waals surface area contributed by atoms with Gasteiger partial charge in [0.25, 0.3) is 0 Å². The molecule has 2 rings (SSSR count). The summed E-state index contributed by atoms with van der Waals surface area (Å²) in [5.41, 5.74) is 6.61. The SMILES string of the molecule is CCN(C(=O)Cc1cccc(F)c1)C1CCCCC1CN. The molecule has 1 aromatic rings. The van der Waals surface area contributed by atoms with Crippen molar-refractivity contribution >= 4 is 5.91 Å². The molecule has 1 aliphatic carbocycles. The number of benzene rings is 1. The summed E-state index contributed by atoms with van der Waals surface area (Å²) >= 11 is 0. The standard InChI is InChI=1S/C17H25FN2O/c1-2-20(16-9-4-3-7-14(16)12-19)17(21)11-13-6-5-8-15(18)10-13/h5-6,8,10,14,16H,2-4,7,9,11-12,19H2,1H3. The van der Waals surface area contributed by atoms with Gasteiger partial charge in [0.1, 0.15) is 5.82 Å². The summed E-state index contributed by atoms with van der Waals surface area (Å²) in [4.78, 5) is 14.5. The minimum Gasteiger partial charge on any atom is -0.339 e. The van der Waals surface area contributed by atoms with Gasteiger partial charge in [-0.2, -0.15) is 0 Å². The van der Waals surface area contributed by atoms with E-state index in [1.165, 1.54) is 18.6 Å². The number of hydrogen-bond acceptors (Lipinski definition) is 2. The van der Waals surface area contributed by atoms with E-state index < -0.39 is 0 Å². The molecule has 0 radical (unpaired) electrons. The topological polar surface area (TPSA) is 46.3 Å². The van der Waals surface area contributed by atoms with Crippen molar-refractivity contribution in [3.63, 3.8) is 0 Å². The number of nitrogens with zero attached hydrogens (tertiary/aromatic N) is 1. The quantitative estimate of drug-likeness (QED) is 0.907. The zero-order valence-electron chi connectivity index (χ0n) is 12.7. The molecule has 1 amide bonds. The fourth-order valence-electron chi connectivity index (χ4n) is 3.39. The second-order valence-electron chi connectivity index (χ2n) is 5.83. The van der Waals surface area contributed by atoms with Crippen molar-refractivity contribution in [2.24, 2.45) is 11.7 Å². The Morgan fingerprint density at radius 2 is 2.14 bits per heavy atom. The van der Waals surface area contributed by atoms with Gasteiger partial charge in [0.05, 0.1) is 6.42 Å². The first kappa shape index (κ1) is 16.0. The number of hydrogen-bond donors (Lipinski definition) is 1. The van der Waals surface area contributed by atoms with Crippen molar-refractivity contribution < 1.29 is 9.18 Å². The lowest BCUT2D eigenvalue weighted by Crippen LogP contribution is -2.48. The number of rotatable bonds is 5. The fraction of sp³-hybridized carbons (Fsp3) is 0.588. The Kier molecular flexibility index (Phi) is 5.74. The minimum atomic E-state index is -0.291. The molecule has 0 aromatic heterocycles. The largest absolute Gasteiger partial charge is 0.339 e. The lowest BCUT2D eigenvalue weighted by atomic mass is 9.83. The maximum atomic E-state index is 13.2. The molecule has 1 aromatic carbocycles. The lowest BCUT2D eigenvalue weighted by Gasteiger charge is -2.39. The van der Waals surface area contributed by atoms with E-state index in [2.05, 4.69) is 0 Å². The Morgan fingerprint density at radius 3 is 2.81 bits per heavy atom. The van der Waals surface area contributed by atoms with Crippen LogP contribution in [0.1, 0.15) is 38.2 Å². The molecule has 2 atom stereocenters. The summed E-state index contributed by atoms with van der Waals surface area (Å²) in [6.45, 7) is 3.33. The highest BCUT2D eigenvalue weighted by Crippen LogP contribution is 2.28. The number of nitrogens with two attached hydrogens (primary N) is 1. The molecule has 1 aliphatic rings. The predicted octanol–water partition coefficient (Wildman–Crippen LogP) is 2.73. The summed E-state index contributed by atoms with van der Waals surface area (Å²) in [5.74, 6) is 0.185. The zero-order valence-corrected chi connectivity index (χ0v) is 12.7. The van der Waals surface area contributed by atoms with Gasteiger partial charge in [-0.05, 0) is 49.9 Å². The van der Waals surface area contributed by atoms with Gasteiger partial charge >= 0.3 is 0 Å². The molecule has 0 saturated heterocycles. The first-order valence-electron chi connectivity index (χ1n) is 7.89. The van der Waals surface area contributed by atoms with E-state index in [0.717, 1.165) is 24.8 Å². The Labute approximate surface area is 126 Å². The average molecular weight is 292 g/mol. The van der Waals surface area contributed by atoms with Crippen LogP contribution in [-0.2, 0) is 11.2 Å². The summed E-state index contributed by atoms with van der Waals surface area (Å²) in [6.07, 6.45) is 4.76. The highest BCUT2D eigenvalue weighted by Gasteiger charge is 2.31. The Bertz CT molecular complexity index is 478. The predicted molar refractivity (Wildman–Crippen MR) is 82.3 cm³/mol. The fourth-order valence-corrected chi connectivity index (χ4v) is 3.39. The number of carbonyl (C=O) groups excluding carboxylic acids is 1. The van der Waals surface area contributed by atoms with Crippen molar-refractivity contribution in [2.45, 2.75) is 45.1 Å². The van der Waals surface area contributed by atoms with Gasteiger partial charge in [0.2, 0.25) is 5.91 Å². The summed E-state index contributed by atoms with van der Waals surface area (Å²) < 4.78 is 13.2. The Balaban J connectivity index is 2.07. The molecule has 0 aliphatic heterocycles. The Hall–Kier alpha value is -1.42. The van der Waals surface area contributed by atoms with E-state index in [4.69, 9.17) is 5.73 Å². The van der Waals surface area contributed by atoms with Crippen molar-refractivity contribution in [2.75, 3.05) is 13.1 Å². The van der Waals surface area contributed by atoms with Crippen LogP contribution in [0.2, 0.25) is 0 Å². The molecule has 4 heteroatoms. The molecule has 2 unspecified atom stereocenters. The first-order chi connectivity index (χ1) is 10.2. The summed E-state index contributed by atoms with van der Waals surface area (Å²) in [7, 11) is 0. The van der Waals surface area contributed by atoms with Gasteiger partial charge in [0, 0.05) is 12.6 Å². The molecule has 116 valence electrons. The molecule has 3 nitrogen and oxygen atoms in total. The molecule has 0 spiro atoms. The van der Waals surface area contributed by atoms with Crippen LogP contribution in [0.25, 0.3) is 0 Å². The number of carbonyl (C=O) groups is 1. The van der Waals surface area contributed by atoms with E-state index in [-0.39, 0.29) is 24.2 Å². The van der Waals surface area contributed by atoms with Crippen LogP contribution in [0.4, 0.5) is 4.39 Å². The number of halogens is 1. The molecule has 1 fully saturated rings. The maximum absolute atomic E-state index is 13.2. The van der Waals surface area contributed by atoms with Gasteiger partial charge in [-0.1, -0.05) is 25.0 Å². The van der Waals surface area contributed by atoms with E-state index >= 15 is 0 Å². The highest BCUT2D eigenvalue weighted by atomic mass is 19.1. The normalized spacial score (nSPS) is 22.0. The second kappa shape index (κ2) is 7.55. The van der Waals surface area contributed by atoms with Crippen LogP contribution in [0, 0.1) is 11.7 Å². The van der Waals surface area contributed by atoms with Crippen LogP contribution in [0.15, 0.2) is 24.3 Å². The Morgan fingerprint density at radius 1 is 1.38 bits per heavy atom. The molecule has 0 heterocycles. The van der Waals surface area contributed by atoms with Crippen LogP contribution >= 0.6 is 0 Å². The van der Waals surface area contributed by atoms with Gasteiger partial charge in [-0.15, -0.1) is 0 Å². The van der Waals surface area contributed by atoms with Gasteiger partial charge < -0.3 is 10.6 Å². The second-order valence-corrected chi connectivity index (χ2v) is 5.83. The number of likely N-dealkylation sites (N-methyl/N-ethyl adjacent to an activating group) is 1. The van der Waals surface area contributed by atoms with E-state index in [1.807, 2.05) is 11.8 Å². The third kappa shape index (κ3) is 4.03.